The molecule has 0 heterocycles. The van der Waals surface area contributed by atoms with E-state index in [1.165, 1.54) is 0 Å². The minimum absolute atomic E-state index is 0.0296. The lowest BCUT2D eigenvalue weighted by Crippen LogP contribution is -2.32. The van der Waals surface area contributed by atoms with E-state index in [-0.39, 0.29) is 17.0 Å². The van der Waals surface area contributed by atoms with Crippen LogP contribution in [0.2, 0.25) is 0 Å². The molecule has 0 aliphatic heterocycles. The summed E-state index contributed by atoms with van der Waals surface area (Å²) in [6, 6.07) is 5.04. The molecule has 2 N–H and O–H groups in total. The lowest BCUT2D eigenvalue weighted by atomic mass is 9.89. The molecule has 1 aromatic carbocycles. The van der Waals surface area contributed by atoms with E-state index < -0.39 is 0 Å². The number of hydrogen-bond donors (Lipinski definition) is 2. The standard InChI is InChI=1S/C15H20ClNO2/c1-10-5-6-14(18)13(7-10)15(19)17-9-11-3-2-4-12(16)8-11/h5-7,11-12,18H,2-4,8-9H2,1H3,(H,17,19). The minimum Gasteiger partial charge on any atom is -0.507 e. The SMILES string of the molecule is Cc1ccc(O)c(C(=O)NCC2CCCC(Cl)C2)c1. The second-order valence-electron chi connectivity index (χ2n) is 5.36. The van der Waals surface area contributed by atoms with E-state index in [1.807, 2.05) is 6.92 Å². The molecule has 0 saturated heterocycles. The van der Waals surface area contributed by atoms with E-state index in [9.17, 15) is 9.90 Å². The van der Waals surface area contributed by atoms with Gasteiger partial charge in [-0.1, -0.05) is 18.1 Å². The van der Waals surface area contributed by atoms with Crippen LogP contribution in [-0.4, -0.2) is 22.9 Å². The Bertz CT molecular complexity index is 461. The van der Waals surface area contributed by atoms with Crippen molar-refractivity contribution in [2.75, 3.05) is 6.54 Å². The van der Waals surface area contributed by atoms with Crippen LogP contribution in [0.15, 0.2) is 18.2 Å². The minimum atomic E-state index is -0.210. The molecule has 1 fully saturated rings. The molecule has 2 rings (SSSR count). The molecule has 19 heavy (non-hydrogen) atoms. The molecule has 0 radical (unpaired) electrons. The molecule has 1 saturated carbocycles. The Morgan fingerprint density at radius 3 is 3.00 bits per heavy atom. The third-order valence-corrected chi connectivity index (χ3v) is 4.06. The summed E-state index contributed by atoms with van der Waals surface area (Å²) in [6.07, 6.45) is 4.28. The first-order valence-electron chi connectivity index (χ1n) is 6.78. The van der Waals surface area contributed by atoms with Gasteiger partial charge in [-0.3, -0.25) is 4.79 Å². The predicted octanol–water partition coefficient (Wildman–Crippen LogP) is 3.23. The predicted molar refractivity (Wildman–Crippen MR) is 76.8 cm³/mol. The van der Waals surface area contributed by atoms with Crippen LogP contribution in [0.25, 0.3) is 0 Å². The van der Waals surface area contributed by atoms with Crippen molar-refractivity contribution in [1.82, 2.24) is 5.32 Å². The van der Waals surface area contributed by atoms with E-state index >= 15 is 0 Å². The van der Waals surface area contributed by atoms with Crippen LogP contribution >= 0.6 is 11.6 Å². The number of rotatable bonds is 3. The second kappa shape index (κ2) is 6.29. The Balaban J connectivity index is 1.92. The summed E-state index contributed by atoms with van der Waals surface area (Å²) >= 11 is 6.14. The molecule has 2 unspecified atom stereocenters. The third kappa shape index (κ3) is 3.87. The summed E-state index contributed by atoms with van der Waals surface area (Å²) in [4.78, 5) is 12.0. The van der Waals surface area contributed by atoms with Gasteiger partial charge < -0.3 is 10.4 Å². The van der Waals surface area contributed by atoms with Gasteiger partial charge in [0, 0.05) is 11.9 Å². The smallest absolute Gasteiger partial charge is 0.255 e. The molecule has 1 amide bonds. The summed E-state index contributed by atoms with van der Waals surface area (Å²) in [7, 11) is 0. The number of phenolic OH excluding ortho intramolecular Hbond substituents is 1. The highest BCUT2D eigenvalue weighted by Gasteiger charge is 2.21. The summed E-state index contributed by atoms with van der Waals surface area (Å²) < 4.78 is 0. The number of carbonyl (C=O) groups is 1. The first kappa shape index (κ1) is 14.2. The average molecular weight is 282 g/mol. The van der Waals surface area contributed by atoms with Crippen LogP contribution in [-0.2, 0) is 0 Å². The Labute approximate surface area is 119 Å². The van der Waals surface area contributed by atoms with Gasteiger partial charge in [-0.05, 0) is 44.2 Å². The largest absolute Gasteiger partial charge is 0.507 e. The number of alkyl halides is 1. The number of phenols is 1. The highest BCUT2D eigenvalue weighted by atomic mass is 35.5. The molecule has 1 aliphatic carbocycles. The fraction of sp³-hybridized carbons (Fsp3) is 0.533. The highest BCUT2D eigenvalue weighted by Crippen LogP contribution is 2.27. The van der Waals surface area contributed by atoms with Gasteiger partial charge in [0.05, 0.1) is 5.56 Å². The molecule has 2 atom stereocenters. The topological polar surface area (TPSA) is 49.3 Å². The van der Waals surface area contributed by atoms with E-state index in [1.54, 1.807) is 18.2 Å². The van der Waals surface area contributed by atoms with Gasteiger partial charge in [0.15, 0.2) is 0 Å². The van der Waals surface area contributed by atoms with Gasteiger partial charge >= 0.3 is 0 Å². The van der Waals surface area contributed by atoms with Crippen molar-refractivity contribution >= 4 is 17.5 Å². The molecular weight excluding hydrogens is 262 g/mol. The average Bonchev–Trinajstić information content (AvgIpc) is 2.39. The number of carbonyl (C=O) groups excluding carboxylic acids is 1. The first-order chi connectivity index (χ1) is 9.06. The van der Waals surface area contributed by atoms with E-state index in [4.69, 9.17) is 11.6 Å². The molecule has 1 aliphatic rings. The Hall–Kier alpha value is -1.22. The highest BCUT2D eigenvalue weighted by molar-refractivity contribution is 6.20. The number of hydrogen-bond acceptors (Lipinski definition) is 2. The van der Waals surface area contributed by atoms with Crippen molar-refractivity contribution in [3.63, 3.8) is 0 Å². The van der Waals surface area contributed by atoms with Crippen LogP contribution in [0.1, 0.15) is 41.6 Å². The van der Waals surface area contributed by atoms with Gasteiger partial charge in [0.2, 0.25) is 0 Å². The lowest BCUT2D eigenvalue weighted by molar-refractivity contribution is 0.0941. The Kier molecular flexibility index (Phi) is 4.70. The number of aryl methyl sites for hydroxylation is 1. The second-order valence-corrected chi connectivity index (χ2v) is 5.98. The normalized spacial score (nSPS) is 23.1. The molecule has 104 valence electrons. The van der Waals surface area contributed by atoms with E-state index in [0.29, 0.717) is 18.0 Å². The number of amides is 1. The van der Waals surface area contributed by atoms with Crippen LogP contribution in [0.3, 0.4) is 0 Å². The molecule has 1 aromatic rings. The van der Waals surface area contributed by atoms with Gasteiger partial charge in [-0.2, -0.15) is 0 Å². The third-order valence-electron chi connectivity index (χ3n) is 3.67. The van der Waals surface area contributed by atoms with Crippen molar-refractivity contribution in [3.05, 3.63) is 29.3 Å². The van der Waals surface area contributed by atoms with Crippen molar-refractivity contribution in [1.29, 1.82) is 0 Å². The van der Waals surface area contributed by atoms with Gasteiger partial charge in [-0.15, -0.1) is 11.6 Å². The van der Waals surface area contributed by atoms with E-state index in [2.05, 4.69) is 5.32 Å². The lowest BCUT2D eigenvalue weighted by Gasteiger charge is -2.25. The summed E-state index contributed by atoms with van der Waals surface area (Å²) in [5, 5.41) is 12.8. The van der Waals surface area contributed by atoms with Crippen LogP contribution in [0.4, 0.5) is 0 Å². The summed E-state index contributed by atoms with van der Waals surface area (Å²) in [5.41, 5.74) is 1.31. The molecule has 3 nitrogen and oxygen atoms in total. The molecular formula is C15H20ClNO2. The fourth-order valence-electron chi connectivity index (χ4n) is 2.57. The van der Waals surface area contributed by atoms with Crippen LogP contribution in [0.5, 0.6) is 5.75 Å². The van der Waals surface area contributed by atoms with E-state index in [0.717, 1.165) is 31.2 Å². The van der Waals surface area contributed by atoms with Crippen molar-refractivity contribution in [2.24, 2.45) is 5.92 Å². The maximum atomic E-state index is 12.0. The zero-order valence-electron chi connectivity index (χ0n) is 11.2. The maximum Gasteiger partial charge on any atom is 0.255 e. The summed E-state index contributed by atoms with van der Waals surface area (Å²) in [6.45, 7) is 2.53. The Morgan fingerprint density at radius 1 is 1.47 bits per heavy atom. The van der Waals surface area contributed by atoms with Crippen LogP contribution in [0, 0.1) is 12.8 Å². The number of nitrogens with one attached hydrogen (secondary N) is 1. The van der Waals surface area contributed by atoms with Gasteiger partial charge in [0.1, 0.15) is 5.75 Å². The van der Waals surface area contributed by atoms with Crippen molar-refractivity contribution in [2.45, 2.75) is 38.0 Å². The van der Waals surface area contributed by atoms with Crippen molar-refractivity contribution in [3.8, 4) is 5.75 Å². The maximum absolute atomic E-state index is 12.0. The van der Waals surface area contributed by atoms with Crippen molar-refractivity contribution < 1.29 is 9.90 Å². The summed E-state index contributed by atoms with van der Waals surface area (Å²) in [5.74, 6) is 0.270. The molecule has 0 bridgehead atoms. The zero-order valence-corrected chi connectivity index (χ0v) is 11.9. The molecule has 0 spiro atoms. The number of halogens is 1. The van der Waals surface area contributed by atoms with Gasteiger partial charge in [0.25, 0.3) is 5.91 Å². The fourth-order valence-corrected chi connectivity index (χ4v) is 2.98. The number of aromatic hydroxyl groups is 1. The molecule has 4 heteroatoms. The molecule has 0 aromatic heterocycles. The Morgan fingerprint density at radius 2 is 2.26 bits per heavy atom. The van der Waals surface area contributed by atoms with Crippen LogP contribution < -0.4 is 5.32 Å². The number of benzene rings is 1. The monoisotopic (exact) mass is 281 g/mol. The zero-order chi connectivity index (χ0) is 13.8. The first-order valence-corrected chi connectivity index (χ1v) is 7.22. The quantitative estimate of drug-likeness (QED) is 0.836. The van der Waals surface area contributed by atoms with Gasteiger partial charge in [-0.25, -0.2) is 0 Å².